The molecule has 3 nitrogen and oxygen atoms in total. The molecule has 2 rings (SSSR count). The molecule has 0 aliphatic carbocycles. The summed E-state index contributed by atoms with van der Waals surface area (Å²) in [5.41, 5.74) is 1.05. The SMILES string of the molecule is CC(C)(C)Oc1ccnc2c(Cl)c(CO)ccc12. The van der Waals surface area contributed by atoms with Gasteiger partial charge in [0.05, 0.1) is 17.1 Å². The molecule has 1 aromatic heterocycles. The Morgan fingerprint density at radius 1 is 1.28 bits per heavy atom. The maximum atomic E-state index is 9.19. The van der Waals surface area contributed by atoms with Crippen molar-refractivity contribution in [3.63, 3.8) is 0 Å². The van der Waals surface area contributed by atoms with E-state index in [4.69, 9.17) is 16.3 Å². The molecule has 0 amide bonds. The van der Waals surface area contributed by atoms with Crippen molar-refractivity contribution >= 4 is 22.5 Å². The second-order valence-electron chi connectivity index (χ2n) is 5.12. The normalized spacial score (nSPS) is 11.8. The summed E-state index contributed by atoms with van der Waals surface area (Å²) in [7, 11) is 0. The smallest absolute Gasteiger partial charge is 0.131 e. The van der Waals surface area contributed by atoms with Crippen LogP contribution in [0.2, 0.25) is 5.02 Å². The minimum Gasteiger partial charge on any atom is -0.487 e. The molecule has 0 spiro atoms. The third-order valence-corrected chi connectivity index (χ3v) is 2.90. The van der Waals surface area contributed by atoms with Gasteiger partial charge in [0.15, 0.2) is 0 Å². The predicted octanol–water partition coefficient (Wildman–Crippen LogP) is 3.56. The Morgan fingerprint density at radius 3 is 2.61 bits per heavy atom. The van der Waals surface area contributed by atoms with E-state index in [-0.39, 0.29) is 12.2 Å². The van der Waals surface area contributed by atoms with Crippen molar-refractivity contribution in [2.45, 2.75) is 33.0 Å². The van der Waals surface area contributed by atoms with Crippen LogP contribution in [0.25, 0.3) is 10.9 Å². The van der Waals surface area contributed by atoms with Crippen LogP contribution in [0.15, 0.2) is 24.4 Å². The second kappa shape index (κ2) is 4.75. The van der Waals surface area contributed by atoms with Gasteiger partial charge in [0.2, 0.25) is 0 Å². The van der Waals surface area contributed by atoms with E-state index in [0.29, 0.717) is 16.1 Å². The second-order valence-corrected chi connectivity index (χ2v) is 5.49. The number of aliphatic hydroxyl groups is 1. The summed E-state index contributed by atoms with van der Waals surface area (Å²) in [4.78, 5) is 4.26. The van der Waals surface area contributed by atoms with Gasteiger partial charge < -0.3 is 9.84 Å². The Bertz CT molecular complexity index is 576. The zero-order valence-corrected chi connectivity index (χ0v) is 11.5. The molecule has 1 N–H and O–H groups in total. The number of hydrogen-bond acceptors (Lipinski definition) is 3. The van der Waals surface area contributed by atoms with Crippen LogP contribution < -0.4 is 4.74 Å². The van der Waals surface area contributed by atoms with Crippen molar-refractivity contribution in [1.29, 1.82) is 0 Å². The molecule has 0 atom stereocenters. The van der Waals surface area contributed by atoms with Gasteiger partial charge in [-0.1, -0.05) is 17.7 Å². The van der Waals surface area contributed by atoms with E-state index < -0.39 is 0 Å². The fourth-order valence-electron chi connectivity index (χ4n) is 1.74. The summed E-state index contributed by atoms with van der Waals surface area (Å²) in [5, 5.41) is 10.5. The number of hydrogen-bond donors (Lipinski definition) is 1. The van der Waals surface area contributed by atoms with Gasteiger partial charge in [-0.15, -0.1) is 0 Å². The first-order chi connectivity index (χ1) is 8.42. The lowest BCUT2D eigenvalue weighted by atomic mass is 10.1. The first-order valence-corrected chi connectivity index (χ1v) is 6.16. The summed E-state index contributed by atoms with van der Waals surface area (Å²) in [6.45, 7) is 5.87. The molecule has 96 valence electrons. The summed E-state index contributed by atoms with van der Waals surface area (Å²) in [6.07, 6.45) is 1.66. The number of halogens is 1. The van der Waals surface area contributed by atoms with Gasteiger partial charge in [0.25, 0.3) is 0 Å². The number of nitrogens with zero attached hydrogens (tertiary/aromatic N) is 1. The first kappa shape index (κ1) is 13.1. The zero-order chi connectivity index (χ0) is 13.3. The number of aliphatic hydroxyl groups excluding tert-OH is 1. The van der Waals surface area contributed by atoms with E-state index in [9.17, 15) is 5.11 Å². The number of benzene rings is 1. The lowest BCUT2D eigenvalue weighted by Gasteiger charge is -2.22. The molecular weight excluding hydrogens is 250 g/mol. The van der Waals surface area contributed by atoms with Gasteiger partial charge >= 0.3 is 0 Å². The number of pyridine rings is 1. The maximum absolute atomic E-state index is 9.19. The summed E-state index contributed by atoms with van der Waals surface area (Å²) in [5.74, 6) is 0.749. The Kier molecular flexibility index (Phi) is 3.46. The van der Waals surface area contributed by atoms with Crippen LogP contribution in [0, 0.1) is 0 Å². The predicted molar refractivity (Wildman–Crippen MR) is 73.1 cm³/mol. The summed E-state index contributed by atoms with van der Waals surface area (Å²) >= 11 is 6.21. The van der Waals surface area contributed by atoms with Crippen molar-refractivity contribution in [3.05, 3.63) is 35.0 Å². The third-order valence-electron chi connectivity index (χ3n) is 2.48. The Balaban J connectivity index is 2.61. The Morgan fingerprint density at radius 2 is 2.00 bits per heavy atom. The van der Waals surface area contributed by atoms with Gasteiger partial charge in [0, 0.05) is 11.6 Å². The van der Waals surface area contributed by atoms with Crippen LogP contribution in [-0.4, -0.2) is 15.7 Å². The van der Waals surface area contributed by atoms with Crippen LogP contribution in [0.1, 0.15) is 26.3 Å². The van der Waals surface area contributed by atoms with Crippen LogP contribution in [0.3, 0.4) is 0 Å². The van der Waals surface area contributed by atoms with Gasteiger partial charge in [-0.3, -0.25) is 4.98 Å². The molecule has 0 saturated carbocycles. The summed E-state index contributed by atoms with van der Waals surface area (Å²) in [6, 6.07) is 5.49. The zero-order valence-electron chi connectivity index (χ0n) is 10.7. The van der Waals surface area contributed by atoms with Crippen molar-refractivity contribution < 1.29 is 9.84 Å². The topological polar surface area (TPSA) is 42.4 Å². The van der Waals surface area contributed by atoms with Crippen molar-refractivity contribution in [2.75, 3.05) is 0 Å². The van der Waals surface area contributed by atoms with E-state index >= 15 is 0 Å². The number of rotatable bonds is 2. The molecule has 0 aliphatic heterocycles. The highest BCUT2D eigenvalue weighted by Crippen LogP contribution is 2.32. The molecule has 0 radical (unpaired) electrons. The molecule has 0 aliphatic rings. The fourth-order valence-corrected chi connectivity index (χ4v) is 2.01. The number of ether oxygens (including phenoxy) is 1. The molecule has 0 unspecified atom stereocenters. The molecule has 1 aromatic carbocycles. The van der Waals surface area contributed by atoms with Gasteiger partial charge in [-0.25, -0.2) is 0 Å². The molecule has 1 heterocycles. The van der Waals surface area contributed by atoms with Crippen LogP contribution in [0.5, 0.6) is 5.75 Å². The molecule has 0 bridgehead atoms. The average molecular weight is 266 g/mol. The van der Waals surface area contributed by atoms with Crippen molar-refractivity contribution in [1.82, 2.24) is 4.98 Å². The Labute approximate surface area is 111 Å². The standard InChI is InChI=1S/C14H16ClNO2/c1-14(2,3)18-11-6-7-16-13-10(11)5-4-9(8-17)12(13)15/h4-7,17H,8H2,1-3H3. The minimum atomic E-state index is -0.281. The quantitative estimate of drug-likeness (QED) is 0.903. The van der Waals surface area contributed by atoms with Gasteiger partial charge in [0.1, 0.15) is 11.4 Å². The lowest BCUT2D eigenvalue weighted by molar-refractivity contribution is 0.133. The highest BCUT2D eigenvalue weighted by molar-refractivity contribution is 6.36. The Hall–Kier alpha value is -1.32. The maximum Gasteiger partial charge on any atom is 0.131 e. The lowest BCUT2D eigenvalue weighted by Crippen LogP contribution is -2.23. The van der Waals surface area contributed by atoms with Gasteiger partial charge in [-0.2, -0.15) is 0 Å². The fraction of sp³-hybridized carbons (Fsp3) is 0.357. The van der Waals surface area contributed by atoms with Gasteiger partial charge in [-0.05, 0) is 38.5 Å². The minimum absolute atomic E-state index is 0.0964. The molecule has 18 heavy (non-hydrogen) atoms. The largest absolute Gasteiger partial charge is 0.487 e. The van der Waals surface area contributed by atoms with E-state index in [1.54, 1.807) is 12.3 Å². The van der Waals surface area contributed by atoms with Crippen LogP contribution in [0.4, 0.5) is 0 Å². The first-order valence-electron chi connectivity index (χ1n) is 5.78. The molecular formula is C14H16ClNO2. The third kappa shape index (κ3) is 2.57. The van der Waals surface area contributed by atoms with Crippen LogP contribution in [-0.2, 0) is 6.61 Å². The molecule has 0 fully saturated rings. The van der Waals surface area contributed by atoms with Crippen LogP contribution >= 0.6 is 11.6 Å². The van der Waals surface area contributed by atoms with E-state index in [0.717, 1.165) is 11.1 Å². The van der Waals surface area contributed by atoms with Crippen molar-refractivity contribution in [2.24, 2.45) is 0 Å². The monoisotopic (exact) mass is 265 g/mol. The highest BCUT2D eigenvalue weighted by Gasteiger charge is 2.15. The highest BCUT2D eigenvalue weighted by atomic mass is 35.5. The number of aromatic nitrogens is 1. The summed E-state index contributed by atoms with van der Waals surface area (Å²) < 4.78 is 5.88. The van der Waals surface area contributed by atoms with E-state index in [1.807, 2.05) is 32.9 Å². The number of fused-ring (bicyclic) bond motifs is 1. The van der Waals surface area contributed by atoms with E-state index in [2.05, 4.69) is 4.98 Å². The molecule has 4 heteroatoms. The van der Waals surface area contributed by atoms with E-state index in [1.165, 1.54) is 0 Å². The average Bonchev–Trinajstić information content (AvgIpc) is 2.28. The van der Waals surface area contributed by atoms with Crippen molar-refractivity contribution in [3.8, 4) is 5.75 Å². The molecule has 0 saturated heterocycles. The molecule has 2 aromatic rings.